The fraction of sp³-hybridized carbons (Fsp3) is 0.316. The lowest BCUT2D eigenvalue weighted by atomic mass is 9.90. The molecule has 7 heteroatoms. The second kappa shape index (κ2) is 6.66. The number of para-hydroxylation sites is 1. The quantitative estimate of drug-likeness (QED) is 0.769. The number of benzene rings is 1. The molecule has 0 bridgehead atoms. The molecule has 1 saturated heterocycles. The second-order valence-electron chi connectivity index (χ2n) is 7.04. The number of hydrogen-bond acceptors (Lipinski definition) is 5. The third kappa shape index (κ3) is 3.15. The van der Waals surface area contributed by atoms with Gasteiger partial charge in [0.2, 0.25) is 0 Å². The van der Waals surface area contributed by atoms with Gasteiger partial charge in [-0.05, 0) is 30.5 Å². The summed E-state index contributed by atoms with van der Waals surface area (Å²) < 4.78 is 1.81. The summed E-state index contributed by atoms with van der Waals surface area (Å²) in [5.74, 6) is -0.0138. The van der Waals surface area contributed by atoms with Crippen LogP contribution in [0.3, 0.4) is 0 Å². The average molecular weight is 367 g/mol. The van der Waals surface area contributed by atoms with E-state index in [1.165, 1.54) is 11.3 Å². The lowest BCUT2D eigenvalue weighted by Gasteiger charge is -2.22. The predicted octanol–water partition coefficient (Wildman–Crippen LogP) is 2.81. The number of nitrogens with zero attached hydrogens (tertiary/aromatic N) is 4. The predicted molar refractivity (Wildman–Crippen MR) is 102 cm³/mol. The summed E-state index contributed by atoms with van der Waals surface area (Å²) in [6, 6.07) is 9.91. The van der Waals surface area contributed by atoms with Gasteiger partial charge in [-0.25, -0.2) is 9.67 Å². The maximum absolute atomic E-state index is 12.7. The Kier molecular flexibility index (Phi) is 4.34. The summed E-state index contributed by atoms with van der Waals surface area (Å²) >= 11 is 1.47. The van der Waals surface area contributed by atoms with Gasteiger partial charge in [0.05, 0.1) is 11.9 Å². The SMILES string of the molecule is CC1(CN)CCN(C(=O)c2csc(-c3cnn(-c4ccccc4)c3)n2)C1. The Balaban J connectivity index is 1.52. The van der Waals surface area contributed by atoms with Crippen LogP contribution in [0.4, 0.5) is 0 Å². The van der Waals surface area contributed by atoms with E-state index in [2.05, 4.69) is 17.0 Å². The van der Waals surface area contributed by atoms with Crippen molar-refractivity contribution in [3.63, 3.8) is 0 Å². The van der Waals surface area contributed by atoms with Crippen LogP contribution < -0.4 is 5.73 Å². The third-order valence-electron chi connectivity index (χ3n) is 4.91. The van der Waals surface area contributed by atoms with Crippen molar-refractivity contribution in [3.05, 3.63) is 53.8 Å². The summed E-state index contributed by atoms with van der Waals surface area (Å²) in [4.78, 5) is 19.1. The van der Waals surface area contributed by atoms with Crippen molar-refractivity contribution in [1.82, 2.24) is 19.7 Å². The average Bonchev–Trinajstić information content (AvgIpc) is 3.41. The highest BCUT2D eigenvalue weighted by Crippen LogP contribution is 2.30. The Hall–Kier alpha value is -2.51. The van der Waals surface area contributed by atoms with Crippen LogP contribution in [0.25, 0.3) is 16.3 Å². The van der Waals surface area contributed by atoms with Crippen LogP contribution in [0.15, 0.2) is 48.1 Å². The number of likely N-dealkylation sites (tertiary alicyclic amines) is 1. The third-order valence-corrected chi connectivity index (χ3v) is 5.80. The number of carbonyl (C=O) groups excluding carboxylic acids is 1. The molecule has 1 amide bonds. The van der Waals surface area contributed by atoms with Gasteiger partial charge in [0.15, 0.2) is 0 Å². The van der Waals surface area contributed by atoms with Gasteiger partial charge in [0, 0.05) is 30.2 Å². The summed E-state index contributed by atoms with van der Waals surface area (Å²) in [7, 11) is 0. The van der Waals surface area contributed by atoms with E-state index in [1.807, 2.05) is 51.5 Å². The molecule has 1 unspecified atom stereocenters. The van der Waals surface area contributed by atoms with E-state index in [0.717, 1.165) is 29.2 Å². The summed E-state index contributed by atoms with van der Waals surface area (Å²) in [5, 5.41) is 7.03. The molecule has 3 heterocycles. The molecule has 0 spiro atoms. The molecule has 0 radical (unpaired) electrons. The molecule has 1 aliphatic rings. The van der Waals surface area contributed by atoms with Crippen LogP contribution in [-0.4, -0.2) is 45.2 Å². The Morgan fingerprint density at radius 1 is 1.35 bits per heavy atom. The highest BCUT2D eigenvalue weighted by Gasteiger charge is 2.35. The van der Waals surface area contributed by atoms with Crippen molar-refractivity contribution >= 4 is 17.2 Å². The number of rotatable bonds is 4. The zero-order chi connectivity index (χ0) is 18.1. The minimum absolute atomic E-state index is 0.0138. The highest BCUT2D eigenvalue weighted by molar-refractivity contribution is 7.13. The molecule has 2 aromatic heterocycles. The Labute approximate surface area is 156 Å². The van der Waals surface area contributed by atoms with E-state index in [-0.39, 0.29) is 11.3 Å². The Morgan fingerprint density at radius 3 is 2.88 bits per heavy atom. The van der Waals surface area contributed by atoms with Gasteiger partial charge >= 0.3 is 0 Å². The molecule has 1 atom stereocenters. The van der Waals surface area contributed by atoms with Crippen molar-refractivity contribution in [2.24, 2.45) is 11.1 Å². The highest BCUT2D eigenvalue weighted by atomic mass is 32.1. The van der Waals surface area contributed by atoms with Gasteiger partial charge in [0.25, 0.3) is 5.91 Å². The molecule has 1 aromatic carbocycles. The van der Waals surface area contributed by atoms with Crippen molar-refractivity contribution < 1.29 is 4.79 Å². The first kappa shape index (κ1) is 16.9. The lowest BCUT2D eigenvalue weighted by molar-refractivity contribution is 0.0772. The van der Waals surface area contributed by atoms with Crippen LogP contribution >= 0.6 is 11.3 Å². The molecular weight excluding hydrogens is 346 g/mol. The minimum Gasteiger partial charge on any atom is -0.337 e. The number of thiazole rings is 1. The van der Waals surface area contributed by atoms with Crippen molar-refractivity contribution in [2.75, 3.05) is 19.6 Å². The van der Waals surface area contributed by atoms with Crippen molar-refractivity contribution in [2.45, 2.75) is 13.3 Å². The molecule has 4 rings (SSSR count). The molecule has 134 valence electrons. The standard InChI is InChI=1S/C19H21N5OS/c1-19(12-20)7-8-23(13-19)18(25)16-11-26-17(22-16)14-9-21-24(10-14)15-5-3-2-4-6-15/h2-6,9-11H,7-8,12-13,20H2,1H3. The monoisotopic (exact) mass is 367 g/mol. The van der Waals surface area contributed by atoms with Crippen LogP contribution in [0.1, 0.15) is 23.8 Å². The van der Waals surface area contributed by atoms with Gasteiger partial charge < -0.3 is 10.6 Å². The van der Waals surface area contributed by atoms with E-state index in [4.69, 9.17) is 5.73 Å². The first-order chi connectivity index (χ1) is 12.6. The molecule has 1 fully saturated rings. The number of nitrogens with two attached hydrogens (primary N) is 1. The number of amides is 1. The maximum atomic E-state index is 12.7. The summed E-state index contributed by atoms with van der Waals surface area (Å²) in [5.41, 5.74) is 8.26. The lowest BCUT2D eigenvalue weighted by Crippen LogP contribution is -2.34. The first-order valence-electron chi connectivity index (χ1n) is 8.63. The molecular formula is C19H21N5OS. The summed E-state index contributed by atoms with van der Waals surface area (Å²) in [6.45, 7) is 4.16. The Bertz CT molecular complexity index is 919. The van der Waals surface area contributed by atoms with Gasteiger partial charge in [0.1, 0.15) is 10.7 Å². The smallest absolute Gasteiger partial charge is 0.273 e. The fourth-order valence-electron chi connectivity index (χ4n) is 3.19. The number of carbonyl (C=O) groups is 1. The van der Waals surface area contributed by atoms with E-state index >= 15 is 0 Å². The minimum atomic E-state index is -0.0138. The van der Waals surface area contributed by atoms with E-state index in [9.17, 15) is 4.79 Å². The largest absolute Gasteiger partial charge is 0.337 e. The van der Waals surface area contributed by atoms with Gasteiger partial charge in [-0.15, -0.1) is 11.3 Å². The van der Waals surface area contributed by atoms with Gasteiger partial charge in [-0.3, -0.25) is 4.79 Å². The van der Waals surface area contributed by atoms with Crippen molar-refractivity contribution in [1.29, 1.82) is 0 Å². The zero-order valence-corrected chi connectivity index (χ0v) is 15.4. The topological polar surface area (TPSA) is 77.0 Å². The fourth-order valence-corrected chi connectivity index (χ4v) is 3.95. The number of aromatic nitrogens is 3. The Morgan fingerprint density at radius 2 is 2.15 bits per heavy atom. The zero-order valence-electron chi connectivity index (χ0n) is 14.6. The number of hydrogen-bond donors (Lipinski definition) is 1. The molecule has 2 N–H and O–H groups in total. The van der Waals surface area contributed by atoms with Gasteiger partial charge in [-0.2, -0.15) is 5.10 Å². The van der Waals surface area contributed by atoms with Crippen LogP contribution in [0, 0.1) is 5.41 Å². The molecule has 3 aromatic rings. The molecule has 0 saturated carbocycles. The van der Waals surface area contributed by atoms with Crippen LogP contribution in [0.5, 0.6) is 0 Å². The molecule has 26 heavy (non-hydrogen) atoms. The van der Waals surface area contributed by atoms with Crippen LogP contribution in [0.2, 0.25) is 0 Å². The normalized spacial score (nSPS) is 19.8. The first-order valence-corrected chi connectivity index (χ1v) is 9.51. The van der Waals surface area contributed by atoms with E-state index < -0.39 is 0 Å². The molecule has 0 aliphatic carbocycles. The maximum Gasteiger partial charge on any atom is 0.273 e. The molecule has 1 aliphatic heterocycles. The van der Waals surface area contributed by atoms with Crippen molar-refractivity contribution in [3.8, 4) is 16.3 Å². The van der Waals surface area contributed by atoms with Crippen LogP contribution in [-0.2, 0) is 0 Å². The van der Waals surface area contributed by atoms with E-state index in [0.29, 0.717) is 18.8 Å². The van der Waals surface area contributed by atoms with Gasteiger partial charge in [-0.1, -0.05) is 25.1 Å². The van der Waals surface area contributed by atoms with E-state index in [1.54, 1.807) is 6.20 Å². The summed E-state index contributed by atoms with van der Waals surface area (Å²) in [6.07, 6.45) is 4.65. The molecule has 6 nitrogen and oxygen atoms in total. The second-order valence-corrected chi connectivity index (χ2v) is 7.90.